The Bertz CT molecular complexity index is 1130. The number of benzene rings is 2. The van der Waals surface area contributed by atoms with E-state index in [1.807, 2.05) is 56.3 Å². The molecule has 0 radical (unpaired) electrons. The van der Waals surface area contributed by atoms with Crippen LogP contribution >= 0.6 is 0 Å². The Morgan fingerprint density at radius 1 is 0.966 bits per heavy atom. The molecule has 29 heavy (non-hydrogen) atoms. The van der Waals surface area contributed by atoms with Crippen molar-refractivity contribution < 1.29 is 9.84 Å². The minimum Gasteiger partial charge on any atom is -0.505 e. The highest BCUT2D eigenvalue weighted by Gasteiger charge is 2.22. The van der Waals surface area contributed by atoms with E-state index in [-0.39, 0.29) is 11.7 Å². The van der Waals surface area contributed by atoms with Crippen molar-refractivity contribution in [1.29, 1.82) is 0 Å². The number of phenols is 1. The largest absolute Gasteiger partial charge is 0.505 e. The van der Waals surface area contributed by atoms with Crippen LogP contribution in [0.2, 0.25) is 0 Å². The summed E-state index contributed by atoms with van der Waals surface area (Å²) < 4.78 is 5.82. The van der Waals surface area contributed by atoms with E-state index < -0.39 is 0 Å². The van der Waals surface area contributed by atoms with Gasteiger partial charge in [-0.3, -0.25) is 9.97 Å². The minimum atomic E-state index is -0.0730. The number of aromatic nitrogens is 2. The van der Waals surface area contributed by atoms with E-state index >= 15 is 0 Å². The number of rotatable bonds is 6. The zero-order valence-corrected chi connectivity index (χ0v) is 16.7. The maximum absolute atomic E-state index is 11.1. The summed E-state index contributed by atoms with van der Waals surface area (Å²) in [5, 5.41) is 12.0. The monoisotopic (exact) mass is 384 g/mol. The lowest BCUT2D eigenvalue weighted by atomic mass is 9.85. The lowest BCUT2D eigenvalue weighted by Gasteiger charge is -2.21. The highest BCUT2D eigenvalue weighted by molar-refractivity contribution is 5.85. The molecule has 1 atom stereocenters. The summed E-state index contributed by atoms with van der Waals surface area (Å²) in [6, 6.07) is 20.0. The van der Waals surface area contributed by atoms with Crippen molar-refractivity contribution in [3.63, 3.8) is 0 Å². The van der Waals surface area contributed by atoms with Gasteiger partial charge in [0.2, 0.25) is 0 Å². The molecule has 4 rings (SSSR count). The van der Waals surface area contributed by atoms with Gasteiger partial charge in [0.25, 0.3) is 0 Å². The van der Waals surface area contributed by atoms with Gasteiger partial charge in [-0.05, 0) is 49.2 Å². The van der Waals surface area contributed by atoms with Crippen LogP contribution < -0.4 is 4.74 Å². The van der Waals surface area contributed by atoms with Gasteiger partial charge in [0, 0.05) is 41.4 Å². The van der Waals surface area contributed by atoms with Crippen LogP contribution in [0.1, 0.15) is 35.2 Å². The van der Waals surface area contributed by atoms with Crippen LogP contribution in [0.4, 0.5) is 0 Å². The smallest absolute Gasteiger partial charge is 0.145 e. The lowest BCUT2D eigenvalue weighted by molar-refractivity contribution is 0.337. The first kappa shape index (κ1) is 18.9. The van der Waals surface area contributed by atoms with E-state index in [2.05, 4.69) is 28.2 Å². The molecule has 1 unspecified atom stereocenters. The molecule has 2 aromatic carbocycles. The molecule has 0 aliphatic carbocycles. The molecule has 2 heterocycles. The van der Waals surface area contributed by atoms with E-state index in [0.717, 1.165) is 33.5 Å². The van der Waals surface area contributed by atoms with E-state index in [1.54, 1.807) is 12.4 Å². The van der Waals surface area contributed by atoms with E-state index in [0.29, 0.717) is 18.5 Å². The molecule has 0 bridgehead atoms. The molecule has 0 spiro atoms. The summed E-state index contributed by atoms with van der Waals surface area (Å²) in [5.74, 6) is 1.02. The van der Waals surface area contributed by atoms with Crippen molar-refractivity contribution in [3.05, 3.63) is 95.4 Å². The molecule has 1 N–H and O–H groups in total. The van der Waals surface area contributed by atoms with Gasteiger partial charge in [0.1, 0.15) is 17.0 Å². The third-order valence-corrected chi connectivity index (χ3v) is 5.21. The molecule has 2 aromatic heterocycles. The number of hydrogen-bond acceptors (Lipinski definition) is 4. The Balaban J connectivity index is 1.85. The topological polar surface area (TPSA) is 55.2 Å². The van der Waals surface area contributed by atoms with Gasteiger partial charge in [-0.15, -0.1) is 0 Å². The second kappa shape index (κ2) is 8.31. The Labute approximate surface area is 170 Å². The first-order valence-electron chi connectivity index (χ1n) is 9.87. The Hall–Kier alpha value is -3.40. The summed E-state index contributed by atoms with van der Waals surface area (Å²) in [6.45, 7) is 4.64. The fourth-order valence-corrected chi connectivity index (χ4v) is 3.71. The highest BCUT2D eigenvalue weighted by atomic mass is 16.5. The zero-order chi connectivity index (χ0) is 20.2. The van der Waals surface area contributed by atoms with Crippen LogP contribution in [0.5, 0.6) is 11.5 Å². The summed E-state index contributed by atoms with van der Waals surface area (Å²) in [6.07, 6.45) is 4.18. The Morgan fingerprint density at radius 3 is 2.62 bits per heavy atom. The van der Waals surface area contributed by atoms with Crippen LogP contribution in [0.3, 0.4) is 0 Å². The number of hydrogen-bond donors (Lipinski definition) is 1. The third kappa shape index (κ3) is 3.92. The average Bonchev–Trinajstić information content (AvgIpc) is 2.75. The van der Waals surface area contributed by atoms with Crippen molar-refractivity contribution in [1.82, 2.24) is 9.97 Å². The number of ether oxygens (including phenoxy) is 1. The molecule has 0 aliphatic heterocycles. The summed E-state index contributed by atoms with van der Waals surface area (Å²) in [7, 11) is 0. The van der Waals surface area contributed by atoms with Crippen molar-refractivity contribution >= 4 is 10.9 Å². The maximum atomic E-state index is 11.1. The quantitative estimate of drug-likeness (QED) is 0.482. The molecule has 4 heteroatoms. The fraction of sp³-hybridized carbons (Fsp3) is 0.200. The van der Waals surface area contributed by atoms with Crippen LogP contribution in [-0.4, -0.2) is 21.7 Å². The molecule has 0 aliphatic rings. The first-order valence-corrected chi connectivity index (χ1v) is 9.87. The number of aryl methyl sites for hydroxylation is 1. The van der Waals surface area contributed by atoms with Gasteiger partial charge in [0.05, 0.1) is 6.61 Å². The number of aromatic hydroxyl groups is 1. The third-order valence-electron chi connectivity index (χ3n) is 5.21. The molecule has 4 aromatic rings. The molecule has 4 nitrogen and oxygen atoms in total. The van der Waals surface area contributed by atoms with E-state index in [9.17, 15) is 5.11 Å². The number of fused-ring (bicyclic) bond motifs is 1. The van der Waals surface area contributed by atoms with Gasteiger partial charge in [-0.2, -0.15) is 0 Å². The molecule has 0 saturated carbocycles. The van der Waals surface area contributed by atoms with E-state index in [1.165, 1.54) is 0 Å². The first-order chi connectivity index (χ1) is 14.2. The zero-order valence-electron chi connectivity index (χ0n) is 16.7. The molecule has 0 amide bonds. The fourth-order valence-electron chi connectivity index (χ4n) is 3.71. The predicted octanol–water partition coefficient (Wildman–Crippen LogP) is 5.42. The van der Waals surface area contributed by atoms with Crippen molar-refractivity contribution in [2.75, 3.05) is 6.61 Å². The normalized spacial score (nSPS) is 12.1. The summed E-state index contributed by atoms with van der Waals surface area (Å²) >= 11 is 0. The van der Waals surface area contributed by atoms with Crippen LogP contribution in [0.15, 0.2) is 73.1 Å². The lowest BCUT2D eigenvalue weighted by Crippen LogP contribution is -2.08. The van der Waals surface area contributed by atoms with Gasteiger partial charge in [-0.1, -0.05) is 36.4 Å². The molecule has 0 fully saturated rings. The van der Waals surface area contributed by atoms with Crippen LogP contribution in [0.25, 0.3) is 10.9 Å². The van der Waals surface area contributed by atoms with Gasteiger partial charge in [-0.25, -0.2) is 0 Å². The average molecular weight is 384 g/mol. The Kier molecular flexibility index (Phi) is 5.43. The summed E-state index contributed by atoms with van der Waals surface area (Å²) in [5.41, 5.74) is 4.60. The minimum absolute atomic E-state index is 0.0730. The maximum Gasteiger partial charge on any atom is 0.145 e. The number of phenolic OH excluding ortho intramolecular Hbond substituents is 1. The highest BCUT2D eigenvalue weighted by Crippen LogP contribution is 2.38. The van der Waals surface area contributed by atoms with Gasteiger partial charge in [0.15, 0.2) is 0 Å². The standard InChI is InChI=1S/C25H24N2O2/c1-3-29-23-15-19(10-9-17(23)2)22(16-20-8-4-5-13-26-20)21-12-11-18-7-6-14-27-24(18)25(21)28/h4-15,22,28H,3,16H2,1-2H3. The number of pyridine rings is 2. The van der Waals surface area contributed by atoms with Crippen LogP contribution in [-0.2, 0) is 6.42 Å². The molecular formula is C25H24N2O2. The van der Waals surface area contributed by atoms with E-state index in [4.69, 9.17) is 4.74 Å². The number of nitrogens with zero attached hydrogens (tertiary/aromatic N) is 2. The predicted molar refractivity (Wildman–Crippen MR) is 116 cm³/mol. The SMILES string of the molecule is CCOc1cc(C(Cc2ccccn2)c2ccc3cccnc3c2O)ccc1C. The molecular weight excluding hydrogens is 360 g/mol. The Morgan fingerprint density at radius 2 is 1.83 bits per heavy atom. The van der Waals surface area contributed by atoms with Crippen molar-refractivity contribution in [2.24, 2.45) is 0 Å². The van der Waals surface area contributed by atoms with Gasteiger partial charge < -0.3 is 9.84 Å². The second-order valence-corrected chi connectivity index (χ2v) is 7.11. The summed E-state index contributed by atoms with van der Waals surface area (Å²) in [4.78, 5) is 8.90. The molecule has 146 valence electrons. The van der Waals surface area contributed by atoms with Crippen molar-refractivity contribution in [2.45, 2.75) is 26.2 Å². The second-order valence-electron chi connectivity index (χ2n) is 7.11. The van der Waals surface area contributed by atoms with Crippen LogP contribution in [0, 0.1) is 6.92 Å². The van der Waals surface area contributed by atoms with Crippen molar-refractivity contribution in [3.8, 4) is 11.5 Å². The molecule has 0 saturated heterocycles. The van der Waals surface area contributed by atoms with Gasteiger partial charge >= 0.3 is 0 Å².